The Morgan fingerprint density at radius 2 is 2.38 bits per heavy atom. The van der Waals surface area contributed by atoms with Gasteiger partial charge in [-0.15, -0.1) is 0 Å². The molecule has 0 unspecified atom stereocenters. The normalized spacial score (nSPS) is 23.5. The van der Waals surface area contributed by atoms with Crippen molar-refractivity contribution < 1.29 is 14.6 Å². The maximum absolute atomic E-state index is 10.6. The third-order valence-electron chi connectivity index (χ3n) is 2.98. The molecule has 1 heterocycles. The fourth-order valence-corrected chi connectivity index (χ4v) is 2.09. The lowest BCUT2D eigenvalue weighted by Gasteiger charge is -2.22. The molecule has 0 aromatic heterocycles. The van der Waals surface area contributed by atoms with E-state index < -0.39 is 6.09 Å². The molecule has 16 heavy (non-hydrogen) atoms. The Morgan fingerprint density at radius 1 is 1.62 bits per heavy atom. The van der Waals surface area contributed by atoms with E-state index in [2.05, 4.69) is 0 Å². The van der Waals surface area contributed by atoms with Crippen molar-refractivity contribution in [1.82, 2.24) is 4.90 Å². The van der Waals surface area contributed by atoms with Gasteiger partial charge in [-0.25, -0.2) is 4.79 Å². The van der Waals surface area contributed by atoms with Gasteiger partial charge in [0.2, 0.25) is 0 Å². The first kappa shape index (κ1) is 13.3. The first-order chi connectivity index (χ1) is 7.59. The van der Waals surface area contributed by atoms with Gasteiger partial charge in [0.1, 0.15) is 0 Å². The minimum atomic E-state index is -0.924. The van der Waals surface area contributed by atoms with Crippen LogP contribution >= 0.6 is 0 Å². The third-order valence-corrected chi connectivity index (χ3v) is 2.98. The van der Waals surface area contributed by atoms with E-state index in [0.29, 0.717) is 12.5 Å². The van der Waals surface area contributed by atoms with Crippen LogP contribution in [0.2, 0.25) is 0 Å². The van der Waals surface area contributed by atoms with E-state index >= 15 is 0 Å². The Labute approximate surface area is 96.6 Å². The molecule has 0 aromatic carbocycles. The summed E-state index contributed by atoms with van der Waals surface area (Å²) < 4.78 is 5.47. The van der Waals surface area contributed by atoms with Crippen LogP contribution in [0, 0.1) is 5.92 Å². The Balaban J connectivity index is 2.26. The second-order valence-electron chi connectivity index (χ2n) is 4.60. The topological polar surface area (TPSA) is 75.8 Å². The van der Waals surface area contributed by atoms with Crippen molar-refractivity contribution in [3.05, 3.63) is 0 Å². The van der Waals surface area contributed by atoms with E-state index in [1.165, 1.54) is 11.3 Å². The second-order valence-corrected chi connectivity index (χ2v) is 4.60. The van der Waals surface area contributed by atoms with Crippen molar-refractivity contribution in [2.75, 3.05) is 26.8 Å². The molecule has 1 fully saturated rings. The van der Waals surface area contributed by atoms with Crippen LogP contribution in [0.15, 0.2) is 0 Å². The molecule has 0 radical (unpaired) electrons. The molecule has 5 heteroatoms. The summed E-state index contributed by atoms with van der Waals surface area (Å²) in [5.74, 6) is 0.486. The van der Waals surface area contributed by atoms with E-state index in [-0.39, 0.29) is 6.04 Å². The first-order valence-electron chi connectivity index (χ1n) is 5.87. The van der Waals surface area contributed by atoms with Crippen molar-refractivity contribution in [3.8, 4) is 0 Å². The number of rotatable bonds is 4. The van der Waals surface area contributed by atoms with E-state index in [4.69, 9.17) is 15.6 Å². The fraction of sp³-hybridized carbons (Fsp3) is 0.909. The standard InChI is InChI=1S/C11H22N2O3/c1-13(11(14)15)7-10(12)6-9-4-2-3-5-16-8-9/h9-10H,2-8,12H2,1H3,(H,14,15)/t9-,10+/m1/s1. The highest BCUT2D eigenvalue weighted by Crippen LogP contribution is 2.18. The molecule has 1 saturated heterocycles. The van der Waals surface area contributed by atoms with Crippen molar-refractivity contribution in [1.29, 1.82) is 0 Å². The summed E-state index contributed by atoms with van der Waals surface area (Å²) in [7, 11) is 1.55. The summed E-state index contributed by atoms with van der Waals surface area (Å²) in [6.07, 6.45) is 3.38. The van der Waals surface area contributed by atoms with E-state index in [9.17, 15) is 4.79 Å². The van der Waals surface area contributed by atoms with Crippen LogP contribution in [0.1, 0.15) is 25.7 Å². The molecule has 0 aromatic rings. The highest BCUT2D eigenvalue weighted by atomic mass is 16.5. The third kappa shape index (κ3) is 4.81. The Hall–Kier alpha value is -0.810. The minimum Gasteiger partial charge on any atom is -0.465 e. The zero-order chi connectivity index (χ0) is 12.0. The Morgan fingerprint density at radius 3 is 3.06 bits per heavy atom. The molecule has 0 aliphatic carbocycles. The molecule has 0 bridgehead atoms. The van der Waals surface area contributed by atoms with E-state index in [0.717, 1.165) is 32.5 Å². The van der Waals surface area contributed by atoms with E-state index in [1.54, 1.807) is 7.05 Å². The van der Waals surface area contributed by atoms with Crippen LogP contribution in [-0.2, 0) is 4.74 Å². The van der Waals surface area contributed by atoms with Gasteiger partial charge in [0, 0.05) is 32.8 Å². The summed E-state index contributed by atoms with van der Waals surface area (Å²) in [6, 6.07) is -0.0900. The Bertz CT molecular complexity index is 215. The van der Waals surface area contributed by atoms with Gasteiger partial charge in [-0.2, -0.15) is 0 Å². The zero-order valence-electron chi connectivity index (χ0n) is 9.89. The van der Waals surface area contributed by atoms with Crippen LogP contribution in [0.5, 0.6) is 0 Å². The molecule has 2 atom stereocenters. The monoisotopic (exact) mass is 230 g/mol. The number of carbonyl (C=O) groups is 1. The maximum atomic E-state index is 10.6. The quantitative estimate of drug-likeness (QED) is 0.759. The van der Waals surface area contributed by atoms with Crippen molar-refractivity contribution in [3.63, 3.8) is 0 Å². The summed E-state index contributed by atoms with van der Waals surface area (Å²) in [6.45, 7) is 2.01. The van der Waals surface area contributed by atoms with Gasteiger partial charge in [0.25, 0.3) is 0 Å². The lowest BCUT2D eigenvalue weighted by Crippen LogP contribution is -2.39. The predicted molar refractivity (Wildman–Crippen MR) is 61.4 cm³/mol. The van der Waals surface area contributed by atoms with Crippen LogP contribution in [0.25, 0.3) is 0 Å². The number of hydrogen-bond acceptors (Lipinski definition) is 3. The molecular formula is C11H22N2O3. The number of ether oxygens (including phenoxy) is 1. The predicted octanol–water partition coefficient (Wildman–Crippen LogP) is 1.13. The summed E-state index contributed by atoms with van der Waals surface area (Å²) in [5, 5.41) is 8.73. The second kappa shape index (κ2) is 6.70. The van der Waals surface area contributed by atoms with Crippen molar-refractivity contribution in [2.24, 2.45) is 11.7 Å². The SMILES string of the molecule is CN(C[C@@H](N)C[C@H]1CCCCOC1)C(=O)O. The number of hydrogen-bond donors (Lipinski definition) is 2. The highest BCUT2D eigenvalue weighted by Gasteiger charge is 2.18. The minimum absolute atomic E-state index is 0.0900. The summed E-state index contributed by atoms with van der Waals surface area (Å²) in [5.41, 5.74) is 5.93. The number of nitrogens with zero attached hydrogens (tertiary/aromatic N) is 1. The molecule has 1 aliphatic heterocycles. The van der Waals surface area contributed by atoms with E-state index in [1.807, 2.05) is 0 Å². The number of likely N-dealkylation sites (N-methyl/N-ethyl adjacent to an activating group) is 1. The van der Waals surface area contributed by atoms with Crippen LogP contribution < -0.4 is 5.73 Å². The van der Waals surface area contributed by atoms with Gasteiger partial charge in [-0.3, -0.25) is 0 Å². The highest BCUT2D eigenvalue weighted by molar-refractivity contribution is 5.64. The molecule has 3 N–H and O–H groups in total. The average Bonchev–Trinajstić information content (AvgIpc) is 2.45. The fourth-order valence-electron chi connectivity index (χ4n) is 2.09. The first-order valence-corrected chi connectivity index (χ1v) is 5.87. The maximum Gasteiger partial charge on any atom is 0.407 e. The molecule has 1 amide bonds. The number of amides is 1. The lowest BCUT2D eigenvalue weighted by atomic mass is 9.96. The number of nitrogens with two attached hydrogens (primary N) is 1. The Kier molecular flexibility index (Phi) is 5.55. The largest absolute Gasteiger partial charge is 0.465 e. The zero-order valence-corrected chi connectivity index (χ0v) is 9.89. The molecule has 0 spiro atoms. The van der Waals surface area contributed by atoms with Gasteiger partial charge in [0.15, 0.2) is 0 Å². The molecular weight excluding hydrogens is 208 g/mol. The van der Waals surface area contributed by atoms with Gasteiger partial charge in [-0.1, -0.05) is 6.42 Å². The summed E-state index contributed by atoms with van der Waals surface area (Å²) in [4.78, 5) is 11.9. The van der Waals surface area contributed by atoms with Gasteiger partial charge < -0.3 is 20.5 Å². The smallest absolute Gasteiger partial charge is 0.407 e. The van der Waals surface area contributed by atoms with Gasteiger partial charge in [-0.05, 0) is 25.2 Å². The average molecular weight is 230 g/mol. The number of carboxylic acid groups (broad SMARTS) is 1. The summed E-state index contributed by atoms with van der Waals surface area (Å²) >= 11 is 0. The molecule has 0 saturated carbocycles. The van der Waals surface area contributed by atoms with Gasteiger partial charge in [0.05, 0.1) is 0 Å². The van der Waals surface area contributed by atoms with Gasteiger partial charge >= 0.3 is 6.09 Å². The van der Waals surface area contributed by atoms with Crippen molar-refractivity contribution in [2.45, 2.75) is 31.7 Å². The van der Waals surface area contributed by atoms with Crippen molar-refractivity contribution >= 4 is 6.09 Å². The molecule has 1 rings (SSSR count). The lowest BCUT2D eigenvalue weighted by molar-refractivity contribution is 0.107. The molecule has 5 nitrogen and oxygen atoms in total. The molecule has 94 valence electrons. The van der Waals surface area contributed by atoms with Crippen LogP contribution in [0.4, 0.5) is 4.79 Å². The molecule has 1 aliphatic rings. The van der Waals surface area contributed by atoms with Crippen LogP contribution in [-0.4, -0.2) is 48.9 Å². The van der Waals surface area contributed by atoms with Crippen LogP contribution in [0.3, 0.4) is 0 Å².